The number of nitrogens with one attached hydrogen (secondary N) is 1. The summed E-state index contributed by atoms with van der Waals surface area (Å²) in [6.45, 7) is 0. The van der Waals surface area contributed by atoms with E-state index in [4.69, 9.17) is 9.98 Å². The number of hydrogen-bond acceptors (Lipinski definition) is 3. The van der Waals surface area contributed by atoms with Gasteiger partial charge in [0.05, 0.1) is 11.0 Å². The van der Waals surface area contributed by atoms with Crippen LogP contribution in [0.2, 0.25) is 0 Å². The summed E-state index contributed by atoms with van der Waals surface area (Å²) in [5.74, 6) is 1.61. The number of rotatable bonds is 8. The highest BCUT2D eigenvalue weighted by Crippen LogP contribution is 2.34. The summed E-state index contributed by atoms with van der Waals surface area (Å²) < 4.78 is 2.42. The molecule has 1 unspecified atom stereocenters. The Morgan fingerprint density at radius 1 is 0.518 bits per heavy atom. The highest BCUT2D eigenvalue weighted by Gasteiger charge is 2.30. The maximum absolute atomic E-state index is 5.19. The molecule has 0 fully saturated rings. The predicted octanol–water partition coefficient (Wildman–Crippen LogP) is 9.56. The van der Waals surface area contributed by atoms with Crippen LogP contribution in [0.15, 0.2) is 221 Å². The summed E-state index contributed by atoms with van der Waals surface area (Å²) in [5.41, 5.74) is 6.53. The van der Waals surface area contributed by atoms with Crippen molar-refractivity contribution in [1.82, 2.24) is 9.88 Å². The maximum atomic E-state index is 5.19. The molecule has 1 aliphatic heterocycles. The van der Waals surface area contributed by atoms with Crippen LogP contribution in [0, 0.1) is 0 Å². The molecule has 0 saturated carbocycles. The Morgan fingerprint density at radius 3 is 1.82 bits per heavy atom. The molecule has 2 heterocycles. The minimum Gasteiger partial charge on any atom is -0.324 e. The van der Waals surface area contributed by atoms with E-state index in [0.29, 0.717) is 0 Å². The van der Waals surface area contributed by atoms with Gasteiger partial charge in [0.15, 0.2) is 6.17 Å². The van der Waals surface area contributed by atoms with Crippen LogP contribution in [0.4, 0.5) is 0 Å². The van der Waals surface area contributed by atoms with E-state index in [1.54, 1.807) is 5.20 Å². The molecule has 2 aliphatic rings. The number of allylic oxidation sites excluding steroid dienone is 4. The summed E-state index contributed by atoms with van der Waals surface area (Å²) in [7, 11) is -2.63. The number of aromatic nitrogens is 1. The number of nitrogens with zero attached hydrogens (tertiary/aromatic N) is 3. The Bertz CT molecular complexity index is 2780. The van der Waals surface area contributed by atoms with Crippen LogP contribution in [-0.4, -0.2) is 24.3 Å². The lowest BCUT2D eigenvalue weighted by molar-refractivity contribution is 0.756. The van der Waals surface area contributed by atoms with E-state index in [9.17, 15) is 0 Å². The number of para-hydroxylation sites is 1. The number of fused-ring (bicyclic) bond motifs is 3. The van der Waals surface area contributed by atoms with Gasteiger partial charge in [0.2, 0.25) is 0 Å². The first-order valence-electron chi connectivity index (χ1n) is 19.4. The van der Waals surface area contributed by atoms with Crippen molar-refractivity contribution in [3.63, 3.8) is 0 Å². The molecule has 1 N–H and O–H groups in total. The predicted molar refractivity (Wildman–Crippen MR) is 237 cm³/mol. The Labute approximate surface area is 328 Å². The summed E-state index contributed by atoms with van der Waals surface area (Å²) in [6.07, 6.45) is 8.74. The zero-order valence-electron chi connectivity index (χ0n) is 31.0. The molecule has 0 radical (unpaired) electrons. The average Bonchev–Trinajstić information content (AvgIpc) is 3.62. The molecule has 269 valence electrons. The van der Waals surface area contributed by atoms with Crippen molar-refractivity contribution in [2.45, 2.75) is 19.0 Å². The van der Waals surface area contributed by atoms with Gasteiger partial charge in [-0.1, -0.05) is 188 Å². The van der Waals surface area contributed by atoms with Crippen molar-refractivity contribution in [3.8, 4) is 5.69 Å². The van der Waals surface area contributed by atoms with Gasteiger partial charge in [0.25, 0.3) is 0 Å². The van der Waals surface area contributed by atoms with Crippen LogP contribution in [0.25, 0.3) is 27.5 Å². The third-order valence-electron chi connectivity index (χ3n) is 11.3. The molecule has 1 aromatic heterocycles. The highest BCUT2D eigenvalue weighted by molar-refractivity contribution is 7.16. The zero-order chi connectivity index (χ0) is 37.3. The molecular weight excluding hydrogens is 697 g/mol. The first-order valence-corrected chi connectivity index (χ1v) is 21.4. The van der Waals surface area contributed by atoms with Gasteiger partial charge in [-0.2, -0.15) is 20.8 Å². The van der Waals surface area contributed by atoms with Gasteiger partial charge in [-0.15, -0.1) is 0 Å². The molecule has 4 nitrogen and oxygen atoms in total. The third-order valence-corrected chi connectivity index (χ3v) is 16.2. The molecule has 0 bridgehead atoms. The topological polar surface area (TPSA) is 41.7 Å². The first-order chi connectivity index (χ1) is 27.8. The molecular formula is C51H40N4Si-. The van der Waals surface area contributed by atoms with E-state index in [-0.39, 0.29) is 6.17 Å². The van der Waals surface area contributed by atoms with E-state index in [0.717, 1.165) is 46.9 Å². The average molecular weight is 737 g/mol. The van der Waals surface area contributed by atoms with Crippen molar-refractivity contribution in [1.29, 1.82) is 0 Å². The SMILES string of the molecule is C1=CCCC([Si-](c2ccccc2)(c2ccccc2)c2ccc3c(c2)c2ccccc2n3-c2cccc(C3=NC(c4ccccc4)N=C(c4ccccc4)N3)c2)=C1. The molecule has 56 heavy (non-hydrogen) atoms. The maximum Gasteiger partial charge on any atom is 0.169 e. The van der Waals surface area contributed by atoms with Crippen LogP contribution in [0.3, 0.4) is 0 Å². The Hall–Kier alpha value is -6.82. The standard InChI is InChI=1S/C51H40N4Si/c1-6-19-37(20-7-1)49-52-50(38-21-8-2-9-22-38)54-51(53-49)39-23-18-24-40(35-39)55-47-32-17-16-31-45(47)46-36-44(33-34-48(46)55)56(41-25-10-3-11-26-41,42-27-12-4-13-28-42)43-29-14-5-15-30-43/h1-14,16-29,31-36,49H,15,30H2,(H,52,53,54)/q-1. The summed E-state index contributed by atoms with van der Waals surface area (Å²) in [5, 5.41) is 11.9. The van der Waals surface area contributed by atoms with Gasteiger partial charge in [0, 0.05) is 27.6 Å². The van der Waals surface area contributed by atoms with E-state index in [2.05, 4.69) is 180 Å². The third kappa shape index (κ3) is 5.85. The smallest absolute Gasteiger partial charge is 0.169 e. The molecule has 0 saturated heterocycles. The molecule has 0 amide bonds. The van der Waals surface area contributed by atoms with Gasteiger partial charge < -0.3 is 9.88 Å². The summed E-state index contributed by atoms with van der Waals surface area (Å²) in [6, 6.07) is 68.1. The van der Waals surface area contributed by atoms with Gasteiger partial charge >= 0.3 is 0 Å². The lowest BCUT2D eigenvalue weighted by Gasteiger charge is -2.49. The van der Waals surface area contributed by atoms with Crippen LogP contribution in [-0.2, 0) is 0 Å². The van der Waals surface area contributed by atoms with Crippen molar-refractivity contribution in [2.24, 2.45) is 9.98 Å². The van der Waals surface area contributed by atoms with Crippen LogP contribution in [0.1, 0.15) is 35.7 Å². The minimum absolute atomic E-state index is 0.355. The van der Waals surface area contributed by atoms with E-state index in [1.165, 1.54) is 37.4 Å². The molecule has 0 spiro atoms. The second kappa shape index (κ2) is 14.4. The molecule has 1 atom stereocenters. The normalized spacial score (nSPS) is 15.6. The van der Waals surface area contributed by atoms with Gasteiger partial charge in [0.1, 0.15) is 11.7 Å². The van der Waals surface area contributed by atoms with Crippen molar-refractivity contribution in [3.05, 3.63) is 228 Å². The van der Waals surface area contributed by atoms with Gasteiger partial charge in [-0.25, -0.2) is 9.98 Å². The summed E-state index contributed by atoms with van der Waals surface area (Å²) in [4.78, 5) is 10.3. The molecule has 1 aliphatic carbocycles. The molecule has 10 rings (SSSR count). The van der Waals surface area contributed by atoms with Crippen LogP contribution < -0.4 is 20.9 Å². The van der Waals surface area contributed by atoms with Crippen molar-refractivity contribution < 1.29 is 0 Å². The Balaban J connectivity index is 1.14. The largest absolute Gasteiger partial charge is 0.324 e. The lowest BCUT2D eigenvalue weighted by Crippen LogP contribution is -2.68. The molecule has 8 aromatic rings. The number of amidine groups is 2. The first kappa shape index (κ1) is 33.7. The summed E-state index contributed by atoms with van der Waals surface area (Å²) >= 11 is 0. The fourth-order valence-corrected chi connectivity index (χ4v) is 13.8. The zero-order valence-corrected chi connectivity index (χ0v) is 32.0. The van der Waals surface area contributed by atoms with Crippen LogP contribution >= 0.6 is 0 Å². The number of hydrogen-bond donors (Lipinski definition) is 1. The van der Waals surface area contributed by atoms with Gasteiger partial charge in [-0.3, -0.25) is 0 Å². The monoisotopic (exact) mass is 736 g/mol. The number of benzene rings is 7. The fourth-order valence-electron chi connectivity index (χ4n) is 8.74. The molecule has 5 heteroatoms. The Kier molecular flexibility index (Phi) is 8.69. The Morgan fingerprint density at radius 2 is 1.12 bits per heavy atom. The lowest BCUT2D eigenvalue weighted by atomic mass is 10.1. The quantitative estimate of drug-likeness (QED) is 0.123. The second-order valence-corrected chi connectivity index (χ2v) is 18.4. The van der Waals surface area contributed by atoms with Crippen LogP contribution in [0.5, 0.6) is 0 Å². The number of aliphatic imine (C=N–C) groups is 2. The van der Waals surface area contributed by atoms with E-state index in [1.807, 2.05) is 36.4 Å². The minimum atomic E-state index is -2.63. The van der Waals surface area contributed by atoms with Crippen molar-refractivity contribution >= 4 is 57.1 Å². The van der Waals surface area contributed by atoms with E-state index < -0.39 is 8.07 Å². The van der Waals surface area contributed by atoms with E-state index >= 15 is 0 Å². The molecule has 7 aromatic carbocycles. The fraction of sp³-hybridized carbons (Fsp3) is 0.0588. The second-order valence-electron chi connectivity index (χ2n) is 14.5. The van der Waals surface area contributed by atoms with Gasteiger partial charge in [-0.05, 0) is 44.3 Å². The van der Waals surface area contributed by atoms with Crippen molar-refractivity contribution in [2.75, 3.05) is 0 Å². The highest BCUT2D eigenvalue weighted by atomic mass is 28.3.